The summed E-state index contributed by atoms with van der Waals surface area (Å²) >= 11 is 6.04. The summed E-state index contributed by atoms with van der Waals surface area (Å²) in [5.74, 6) is 0.127. The lowest BCUT2D eigenvalue weighted by Gasteiger charge is -2.34. The molecule has 5 unspecified atom stereocenters. The summed E-state index contributed by atoms with van der Waals surface area (Å²) in [6.07, 6.45) is 3.63. The molecule has 0 aliphatic carbocycles. The van der Waals surface area contributed by atoms with Gasteiger partial charge in [0.25, 0.3) is 0 Å². The Morgan fingerprint density at radius 2 is 2.19 bits per heavy atom. The highest BCUT2D eigenvalue weighted by molar-refractivity contribution is 6.30. The Morgan fingerprint density at radius 3 is 2.85 bits per heavy atom. The maximum atomic E-state index is 14.0. The molecule has 1 amide bonds. The van der Waals surface area contributed by atoms with Crippen LogP contribution in [0, 0.1) is 11.8 Å². The molecular formula is C20H27ClFN3O. The lowest BCUT2D eigenvalue weighted by molar-refractivity contribution is -0.127. The second kappa shape index (κ2) is 8.98. The molecule has 0 bridgehead atoms. The molecule has 0 aromatic heterocycles. The van der Waals surface area contributed by atoms with Gasteiger partial charge in [-0.1, -0.05) is 29.8 Å². The fourth-order valence-corrected chi connectivity index (χ4v) is 4.05. The van der Waals surface area contributed by atoms with Crippen LogP contribution in [0.3, 0.4) is 0 Å². The van der Waals surface area contributed by atoms with Gasteiger partial charge in [0.05, 0.1) is 18.1 Å². The third-order valence-corrected chi connectivity index (χ3v) is 5.61. The van der Waals surface area contributed by atoms with Crippen molar-refractivity contribution in [2.24, 2.45) is 11.8 Å². The monoisotopic (exact) mass is 379 g/mol. The van der Waals surface area contributed by atoms with Gasteiger partial charge in [0.1, 0.15) is 6.17 Å². The fourth-order valence-electron chi connectivity index (χ4n) is 3.84. The molecule has 6 heteroatoms. The van der Waals surface area contributed by atoms with Gasteiger partial charge >= 0.3 is 0 Å². The summed E-state index contributed by atoms with van der Waals surface area (Å²) in [7, 11) is 0. The first-order chi connectivity index (χ1) is 12.5. The normalized spacial score (nSPS) is 32.0. The number of hydrogen-bond acceptors (Lipinski definition) is 3. The van der Waals surface area contributed by atoms with E-state index in [4.69, 9.17) is 11.6 Å². The Hall–Kier alpha value is -1.43. The van der Waals surface area contributed by atoms with E-state index in [9.17, 15) is 9.18 Å². The minimum Gasteiger partial charge on any atom is -0.340 e. The van der Waals surface area contributed by atoms with Crippen molar-refractivity contribution >= 4 is 17.5 Å². The molecule has 2 aliphatic rings. The molecule has 1 aromatic carbocycles. The number of amides is 1. The molecule has 1 aromatic rings. The van der Waals surface area contributed by atoms with Crippen molar-refractivity contribution < 1.29 is 9.18 Å². The quantitative estimate of drug-likeness (QED) is 0.689. The average molecular weight is 380 g/mol. The second-order valence-corrected chi connectivity index (χ2v) is 7.80. The van der Waals surface area contributed by atoms with Gasteiger partial charge in [0.2, 0.25) is 5.91 Å². The van der Waals surface area contributed by atoms with E-state index in [1.54, 1.807) is 6.08 Å². The molecule has 2 heterocycles. The minimum atomic E-state index is -1.06. The van der Waals surface area contributed by atoms with Crippen molar-refractivity contribution in [2.75, 3.05) is 13.1 Å². The summed E-state index contributed by atoms with van der Waals surface area (Å²) < 4.78 is 14.0. The van der Waals surface area contributed by atoms with Gasteiger partial charge in [-0.05, 0) is 49.3 Å². The minimum absolute atomic E-state index is 0.0340. The number of benzene rings is 1. The van der Waals surface area contributed by atoms with E-state index < -0.39 is 6.17 Å². The van der Waals surface area contributed by atoms with Gasteiger partial charge in [0, 0.05) is 18.1 Å². The zero-order chi connectivity index (χ0) is 18.5. The fraction of sp³-hybridized carbons (Fsp3) is 0.550. The Kier molecular flexibility index (Phi) is 6.68. The first-order valence-electron chi connectivity index (χ1n) is 9.33. The van der Waals surface area contributed by atoms with Crippen LogP contribution in [0.2, 0.25) is 5.02 Å². The average Bonchev–Trinajstić information content (AvgIpc) is 2.63. The molecule has 142 valence electrons. The van der Waals surface area contributed by atoms with Gasteiger partial charge < -0.3 is 10.6 Å². The predicted molar refractivity (Wildman–Crippen MR) is 103 cm³/mol. The van der Waals surface area contributed by atoms with Crippen molar-refractivity contribution in [3.05, 3.63) is 47.5 Å². The van der Waals surface area contributed by atoms with Crippen LogP contribution in [0.5, 0.6) is 0 Å². The molecule has 0 radical (unpaired) electrons. The number of carbonyl (C=O) groups is 1. The number of piperidine rings is 2. The summed E-state index contributed by atoms with van der Waals surface area (Å²) in [4.78, 5) is 12.4. The maximum absolute atomic E-state index is 14.0. The van der Waals surface area contributed by atoms with Gasteiger partial charge in [-0.15, -0.1) is 6.58 Å². The molecule has 0 spiro atoms. The number of hydrogen-bond donors (Lipinski definition) is 3. The van der Waals surface area contributed by atoms with Gasteiger partial charge in [-0.3, -0.25) is 10.1 Å². The summed E-state index contributed by atoms with van der Waals surface area (Å²) in [5, 5.41) is 10.2. The largest absolute Gasteiger partial charge is 0.340 e. The molecule has 2 aliphatic heterocycles. The van der Waals surface area contributed by atoms with Crippen LogP contribution in [0.25, 0.3) is 0 Å². The smallest absolute Gasteiger partial charge is 0.225 e. The molecule has 3 rings (SSSR count). The highest BCUT2D eigenvalue weighted by atomic mass is 35.5. The summed E-state index contributed by atoms with van der Waals surface area (Å²) in [6, 6.07) is 7.62. The van der Waals surface area contributed by atoms with Crippen molar-refractivity contribution in [3.8, 4) is 0 Å². The Balaban J connectivity index is 1.42. The van der Waals surface area contributed by atoms with Crippen LogP contribution < -0.4 is 16.0 Å². The third-order valence-electron chi connectivity index (χ3n) is 5.37. The maximum Gasteiger partial charge on any atom is 0.225 e. The topological polar surface area (TPSA) is 53.2 Å². The van der Waals surface area contributed by atoms with Crippen molar-refractivity contribution in [1.29, 1.82) is 0 Å². The number of nitrogens with one attached hydrogen (secondary N) is 3. The first kappa shape index (κ1) is 19.3. The number of carbonyl (C=O) groups excluding carboxylic acids is 1. The Bertz CT molecular complexity index is 633. The molecule has 4 nitrogen and oxygen atoms in total. The van der Waals surface area contributed by atoms with Crippen LogP contribution in [0.1, 0.15) is 24.8 Å². The van der Waals surface area contributed by atoms with Crippen molar-refractivity contribution in [1.82, 2.24) is 16.0 Å². The standard InChI is InChI=1S/C20H27ClFN3O/c1-2-18-17(22)10-15(12-23-18)20(26)25-19-7-6-14(11-24-19)8-13-4-3-5-16(21)9-13/h2-5,9,14-15,17-19,23-24H,1,6-8,10-12H2,(H,25,26). The molecule has 2 saturated heterocycles. The summed E-state index contributed by atoms with van der Waals surface area (Å²) in [5.41, 5.74) is 1.24. The van der Waals surface area contributed by atoms with E-state index >= 15 is 0 Å². The van der Waals surface area contributed by atoms with Crippen LogP contribution in [0.15, 0.2) is 36.9 Å². The molecule has 5 atom stereocenters. The van der Waals surface area contributed by atoms with E-state index in [1.165, 1.54) is 5.56 Å². The van der Waals surface area contributed by atoms with E-state index in [-0.39, 0.29) is 30.5 Å². The van der Waals surface area contributed by atoms with Crippen molar-refractivity contribution in [2.45, 2.75) is 44.1 Å². The second-order valence-electron chi connectivity index (χ2n) is 7.37. The van der Waals surface area contributed by atoms with Gasteiger partial charge in [0.15, 0.2) is 0 Å². The number of rotatable bonds is 5. The molecule has 2 fully saturated rings. The Morgan fingerprint density at radius 1 is 1.35 bits per heavy atom. The lowest BCUT2D eigenvalue weighted by atomic mass is 9.90. The highest BCUT2D eigenvalue weighted by Gasteiger charge is 2.33. The molecular weight excluding hydrogens is 353 g/mol. The third kappa shape index (κ3) is 5.06. The Labute approximate surface area is 159 Å². The van der Waals surface area contributed by atoms with E-state index in [0.29, 0.717) is 12.5 Å². The summed E-state index contributed by atoms with van der Waals surface area (Å²) in [6.45, 7) is 4.96. The van der Waals surface area contributed by atoms with Crippen LogP contribution in [-0.4, -0.2) is 37.4 Å². The molecule has 3 N–H and O–H groups in total. The SMILES string of the molecule is C=CC1NCC(C(=O)NC2CCC(Cc3cccc(Cl)c3)CN2)CC1F. The first-order valence-corrected chi connectivity index (χ1v) is 9.71. The lowest BCUT2D eigenvalue weighted by Crippen LogP contribution is -2.55. The van der Waals surface area contributed by atoms with Gasteiger partial charge in [-0.25, -0.2) is 4.39 Å². The van der Waals surface area contributed by atoms with E-state index in [2.05, 4.69) is 28.6 Å². The predicted octanol–water partition coefficient (Wildman–Crippen LogP) is 2.83. The van der Waals surface area contributed by atoms with Crippen LogP contribution in [-0.2, 0) is 11.2 Å². The zero-order valence-corrected chi connectivity index (χ0v) is 15.6. The molecule has 26 heavy (non-hydrogen) atoms. The van der Waals surface area contributed by atoms with Crippen LogP contribution in [0.4, 0.5) is 4.39 Å². The van der Waals surface area contributed by atoms with Gasteiger partial charge in [-0.2, -0.15) is 0 Å². The number of alkyl halides is 1. The van der Waals surface area contributed by atoms with Crippen molar-refractivity contribution in [3.63, 3.8) is 0 Å². The number of halogens is 2. The molecule has 0 saturated carbocycles. The highest BCUT2D eigenvalue weighted by Crippen LogP contribution is 2.22. The van der Waals surface area contributed by atoms with E-state index in [0.717, 1.165) is 30.8 Å². The van der Waals surface area contributed by atoms with Crippen LogP contribution >= 0.6 is 11.6 Å². The van der Waals surface area contributed by atoms with E-state index in [1.807, 2.05) is 18.2 Å². The zero-order valence-electron chi connectivity index (χ0n) is 14.9.